The van der Waals surface area contributed by atoms with E-state index in [2.05, 4.69) is 5.32 Å². The van der Waals surface area contributed by atoms with Crippen molar-refractivity contribution in [3.63, 3.8) is 0 Å². The third-order valence-corrected chi connectivity index (χ3v) is 4.43. The van der Waals surface area contributed by atoms with Gasteiger partial charge < -0.3 is 10.1 Å². The van der Waals surface area contributed by atoms with Crippen LogP contribution in [0.4, 0.5) is 5.69 Å². The smallest absolute Gasteiger partial charge is 0.265 e. The van der Waals surface area contributed by atoms with Crippen LogP contribution >= 0.6 is 0 Å². The summed E-state index contributed by atoms with van der Waals surface area (Å²) >= 11 is 0. The van der Waals surface area contributed by atoms with E-state index in [1.54, 1.807) is 36.4 Å². The fourth-order valence-electron chi connectivity index (χ4n) is 2.85. The van der Waals surface area contributed by atoms with Crippen LogP contribution in [0.1, 0.15) is 34.8 Å². The van der Waals surface area contributed by atoms with Gasteiger partial charge in [-0.3, -0.25) is 9.59 Å². The molecule has 3 aromatic rings. The Bertz CT molecular complexity index is 949. The zero-order chi connectivity index (χ0) is 19.9. The number of ketones is 1. The summed E-state index contributed by atoms with van der Waals surface area (Å²) in [6, 6.07) is 23.6. The standard InChI is InChI=1S/C24H23NO3/c1-3-22(28-19-15-13-17(2)14-16-19)24(27)25-21-12-8-7-11-20(21)23(26)18-9-5-4-6-10-18/h4-16,22H,3H2,1-2H3,(H,25,27). The number of para-hydroxylation sites is 1. The van der Waals surface area contributed by atoms with Gasteiger partial charge in [-0.05, 0) is 37.6 Å². The van der Waals surface area contributed by atoms with E-state index < -0.39 is 6.10 Å². The highest BCUT2D eigenvalue weighted by Crippen LogP contribution is 2.21. The van der Waals surface area contributed by atoms with E-state index in [-0.39, 0.29) is 11.7 Å². The van der Waals surface area contributed by atoms with Crippen molar-refractivity contribution in [3.05, 3.63) is 95.6 Å². The van der Waals surface area contributed by atoms with Crippen LogP contribution in [-0.2, 0) is 4.79 Å². The first-order valence-electron chi connectivity index (χ1n) is 9.31. The van der Waals surface area contributed by atoms with E-state index in [1.807, 2.05) is 56.3 Å². The van der Waals surface area contributed by atoms with Crippen molar-refractivity contribution >= 4 is 17.4 Å². The fraction of sp³-hybridized carbons (Fsp3) is 0.167. The quantitative estimate of drug-likeness (QED) is 0.592. The van der Waals surface area contributed by atoms with Crippen LogP contribution in [0.15, 0.2) is 78.9 Å². The maximum absolute atomic E-state index is 12.8. The lowest BCUT2D eigenvalue weighted by molar-refractivity contribution is -0.122. The molecule has 1 atom stereocenters. The van der Waals surface area contributed by atoms with Crippen molar-refractivity contribution in [1.29, 1.82) is 0 Å². The summed E-state index contributed by atoms with van der Waals surface area (Å²) in [7, 11) is 0. The number of carbonyl (C=O) groups is 2. The second-order valence-corrected chi connectivity index (χ2v) is 6.56. The van der Waals surface area contributed by atoms with Gasteiger partial charge in [0.25, 0.3) is 5.91 Å². The van der Waals surface area contributed by atoms with Gasteiger partial charge in [0.05, 0.1) is 5.69 Å². The number of nitrogens with one attached hydrogen (secondary N) is 1. The molecule has 1 N–H and O–H groups in total. The molecule has 0 aliphatic carbocycles. The summed E-state index contributed by atoms with van der Waals surface area (Å²) in [6.07, 6.45) is -0.142. The minimum atomic E-state index is -0.650. The van der Waals surface area contributed by atoms with Crippen LogP contribution < -0.4 is 10.1 Å². The van der Waals surface area contributed by atoms with E-state index in [9.17, 15) is 9.59 Å². The average molecular weight is 373 g/mol. The number of amides is 1. The van der Waals surface area contributed by atoms with Crippen molar-refractivity contribution < 1.29 is 14.3 Å². The lowest BCUT2D eigenvalue weighted by Gasteiger charge is -2.18. The predicted octanol–water partition coefficient (Wildman–Crippen LogP) is 5.02. The van der Waals surface area contributed by atoms with Gasteiger partial charge in [-0.2, -0.15) is 0 Å². The Morgan fingerprint density at radius 1 is 0.893 bits per heavy atom. The van der Waals surface area contributed by atoms with E-state index >= 15 is 0 Å². The van der Waals surface area contributed by atoms with Gasteiger partial charge in [0.1, 0.15) is 5.75 Å². The number of hydrogen-bond acceptors (Lipinski definition) is 3. The maximum Gasteiger partial charge on any atom is 0.265 e. The van der Waals surface area contributed by atoms with Crippen LogP contribution in [0, 0.1) is 6.92 Å². The van der Waals surface area contributed by atoms with Crippen LogP contribution in [0.5, 0.6) is 5.75 Å². The second-order valence-electron chi connectivity index (χ2n) is 6.56. The molecule has 0 aromatic heterocycles. The summed E-state index contributed by atoms with van der Waals surface area (Å²) < 4.78 is 5.84. The van der Waals surface area contributed by atoms with E-state index in [0.29, 0.717) is 29.0 Å². The van der Waals surface area contributed by atoms with Crippen LogP contribution in [0.25, 0.3) is 0 Å². The van der Waals surface area contributed by atoms with Crippen LogP contribution in [0.2, 0.25) is 0 Å². The summed E-state index contributed by atoms with van der Waals surface area (Å²) in [5, 5.41) is 2.86. The molecule has 3 rings (SSSR count). The number of aryl methyl sites for hydroxylation is 1. The first-order chi connectivity index (χ1) is 13.6. The average Bonchev–Trinajstić information content (AvgIpc) is 2.73. The monoisotopic (exact) mass is 373 g/mol. The molecule has 0 fully saturated rings. The molecular formula is C24H23NO3. The van der Waals surface area contributed by atoms with Gasteiger partial charge >= 0.3 is 0 Å². The van der Waals surface area contributed by atoms with Crippen LogP contribution in [0.3, 0.4) is 0 Å². The van der Waals surface area contributed by atoms with Crippen molar-refractivity contribution in [2.24, 2.45) is 0 Å². The van der Waals surface area contributed by atoms with Crippen LogP contribution in [-0.4, -0.2) is 17.8 Å². The highest BCUT2D eigenvalue weighted by Gasteiger charge is 2.21. The summed E-state index contributed by atoms with van der Waals surface area (Å²) in [4.78, 5) is 25.6. The normalized spacial score (nSPS) is 11.5. The molecule has 0 saturated heterocycles. The Morgan fingerprint density at radius 3 is 2.21 bits per heavy atom. The maximum atomic E-state index is 12.8. The number of benzene rings is 3. The molecule has 3 aromatic carbocycles. The lowest BCUT2D eigenvalue weighted by atomic mass is 10.0. The third-order valence-electron chi connectivity index (χ3n) is 4.43. The van der Waals surface area contributed by atoms with Gasteiger partial charge in [-0.1, -0.05) is 67.1 Å². The molecule has 0 spiro atoms. The van der Waals surface area contributed by atoms with Gasteiger partial charge in [0.2, 0.25) is 0 Å². The Morgan fingerprint density at radius 2 is 1.54 bits per heavy atom. The van der Waals surface area contributed by atoms with E-state index in [1.165, 1.54) is 0 Å². The van der Waals surface area contributed by atoms with Crippen molar-refractivity contribution in [3.8, 4) is 5.75 Å². The Balaban J connectivity index is 1.78. The highest BCUT2D eigenvalue weighted by atomic mass is 16.5. The number of rotatable bonds is 7. The van der Waals surface area contributed by atoms with Gasteiger partial charge in [-0.15, -0.1) is 0 Å². The molecule has 28 heavy (non-hydrogen) atoms. The van der Waals surface area contributed by atoms with Crippen molar-refractivity contribution in [1.82, 2.24) is 0 Å². The van der Waals surface area contributed by atoms with Crippen molar-refractivity contribution in [2.45, 2.75) is 26.4 Å². The van der Waals surface area contributed by atoms with E-state index in [4.69, 9.17) is 4.74 Å². The van der Waals surface area contributed by atoms with E-state index in [0.717, 1.165) is 5.56 Å². The number of anilines is 1. The molecule has 142 valence electrons. The molecule has 0 heterocycles. The molecule has 0 bridgehead atoms. The summed E-state index contributed by atoms with van der Waals surface area (Å²) in [5.41, 5.74) is 2.63. The minimum Gasteiger partial charge on any atom is -0.481 e. The zero-order valence-corrected chi connectivity index (χ0v) is 16.0. The largest absolute Gasteiger partial charge is 0.481 e. The van der Waals surface area contributed by atoms with Crippen molar-refractivity contribution in [2.75, 3.05) is 5.32 Å². The van der Waals surface area contributed by atoms with Gasteiger partial charge in [-0.25, -0.2) is 0 Å². The Kier molecular flexibility index (Phi) is 6.22. The molecule has 1 unspecified atom stereocenters. The topological polar surface area (TPSA) is 55.4 Å². The number of carbonyl (C=O) groups excluding carboxylic acids is 2. The molecule has 1 amide bonds. The first kappa shape index (κ1) is 19.4. The minimum absolute atomic E-state index is 0.135. The first-order valence-corrected chi connectivity index (χ1v) is 9.31. The molecule has 4 nitrogen and oxygen atoms in total. The van der Waals surface area contributed by atoms with Gasteiger partial charge in [0.15, 0.2) is 11.9 Å². The molecular weight excluding hydrogens is 350 g/mol. The molecule has 0 radical (unpaired) electrons. The fourth-order valence-corrected chi connectivity index (χ4v) is 2.85. The number of ether oxygens (including phenoxy) is 1. The van der Waals surface area contributed by atoms with Gasteiger partial charge in [0, 0.05) is 11.1 Å². The summed E-state index contributed by atoms with van der Waals surface area (Å²) in [5.74, 6) is 0.224. The molecule has 0 aliphatic rings. The predicted molar refractivity (Wildman–Crippen MR) is 111 cm³/mol. The second kappa shape index (κ2) is 9.00. The molecule has 0 aliphatic heterocycles. The SMILES string of the molecule is CCC(Oc1ccc(C)cc1)C(=O)Nc1ccccc1C(=O)c1ccccc1. The summed E-state index contributed by atoms with van der Waals surface area (Å²) in [6.45, 7) is 3.88. The number of hydrogen-bond donors (Lipinski definition) is 1. The third kappa shape index (κ3) is 4.65. The Labute approximate surface area is 165 Å². The molecule has 4 heteroatoms. The zero-order valence-electron chi connectivity index (χ0n) is 16.0. The lowest BCUT2D eigenvalue weighted by Crippen LogP contribution is -2.32. The highest BCUT2D eigenvalue weighted by molar-refractivity contribution is 6.14. The molecule has 0 saturated carbocycles. The Hall–Kier alpha value is -3.40.